The normalized spacial score (nSPS) is 12.3. The van der Waals surface area contributed by atoms with Crippen LogP contribution in [0.4, 0.5) is 11.5 Å². The third-order valence-electron chi connectivity index (χ3n) is 3.34. The molecule has 0 aliphatic rings. The molecular weight excluding hydrogens is 254 g/mol. The summed E-state index contributed by atoms with van der Waals surface area (Å²) in [7, 11) is 0. The van der Waals surface area contributed by atoms with E-state index in [-0.39, 0.29) is 17.7 Å². The number of nitrogens with one attached hydrogen (secondary N) is 1. The fourth-order valence-electron chi connectivity index (χ4n) is 1.85. The van der Waals surface area contributed by atoms with Crippen LogP contribution in [0.1, 0.15) is 47.5 Å². The molecule has 5 heteroatoms. The summed E-state index contributed by atoms with van der Waals surface area (Å²) in [6.07, 6.45) is 1.61. The van der Waals surface area contributed by atoms with Gasteiger partial charge in [0.05, 0.1) is 17.8 Å². The van der Waals surface area contributed by atoms with Gasteiger partial charge in [0.2, 0.25) is 5.88 Å². The van der Waals surface area contributed by atoms with Crippen molar-refractivity contribution in [2.24, 2.45) is 0 Å². The van der Waals surface area contributed by atoms with Crippen LogP contribution in [0.25, 0.3) is 0 Å². The molecule has 0 aliphatic heterocycles. The Balaban J connectivity index is 3.00. The van der Waals surface area contributed by atoms with Crippen LogP contribution < -0.4 is 15.8 Å². The van der Waals surface area contributed by atoms with Crippen LogP contribution in [0.3, 0.4) is 0 Å². The zero-order chi connectivity index (χ0) is 15.4. The maximum Gasteiger partial charge on any atom is 0.239 e. The number of hydrogen-bond donors (Lipinski definition) is 3. The van der Waals surface area contributed by atoms with Crippen molar-refractivity contribution in [3.8, 4) is 5.88 Å². The maximum absolute atomic E-state index is 9.60. The zero-order valence-corrected chi connectivity index (χ0v) is 13.2. The standard InChI is InChI=1S/C15H27N3O2/c1-6-15(7-2,10-19)18-12-9-8-11(16)13(17-12)20-14(3,4)5/h8-9,19H,6-7,10,16H2,1-5H3,(H,17,18). The molecule has 0 aliphatic carbocycles. The largest absolute Gasteiger partial charge is 0.470 e. The second-order valence-corrected chi connectivity index (χ2v) is 6.08. The average molecular weight is 281 g/mol. The molecule has 1 aromatic rings. The Labute approximate surface area is 121 Å². The first-order valence-electron chi connectivity index (χ1n) is 7.10. The molecule has 1 heterocycles. The number of hydrogen-bond acceptors (Lipinski definition) is 5. The molecule has 0 fully saturated rings. The van der Waals surface area contributed by atoms with Gasteiger partial charge in [-0.15, -0.1) is 0 Å². The van der Waals surface area contributed by atoms with E-state index in [1.54, 1.807) is 12.1 Å². The van der Waals surface area contributed by atoms with E-state index in [9.17, 15) is 5.11 Å². The summed E-state index contributed by atoms with van der Waals surface area (Å²) >= 11 is 0. The minimum absolute atomic E-state index is 0.0571. The topological polar surface area (TPSA) is 80.4 Å². The van der Waals surface area contributed by atoms with Gasteiger partial charge in [0.25, 0.3) is 0 Å². The molecule has 20 heavy (non-hydrogen) atoms. The molecule has 1 rings (SSSR count). The van der Waals surface area contributed by atoms with Gasteiger partial charge in [-0.3, -0.25) is 0 Å². The predicted octanol–water partition coefficient (Wildman–Crippen LogP) is 2.80. The predicted molar refractivity (Wildman–Crippen MR) is 83.1 cm³/mol. The van der Waals surface area contributed by atoms with Crippen molar-refractivity contribution in [1.82, 2.24) is 4.98 Å². The zero-order valence-electron chi connectivity index (χ0n) is 13.2. The summed E-state index contributed by atoms with van der Waals surface area (Å²) in [6, 6.07) is 3.57. The average Bonchev–Trinajstić information content (AvgIpc) is 2.38. The minimum atomic E-state index is -0.359. The van der Waals surface area contributed by atoms with Crippen LogP contribution in [0, 0.1) is 0 Å². The van der Waals surface area contributed by atoms with Crippen LogP contribution in [0.15, 0.2) is 12.1 Å². The number of nitrogen functional groups attached to an aromatic ring is 1. The summed E-state index contributed by atoms with van der Waals surface area (Å²) in [6.45, 7) is 9.98. The van der Waals surface area contributed by atoms with Crippen molar-refractivity contribution in [2.45, 2.75) is 58.6 Å². The fourth-order valence-corrected chi connectivity index (χ4v) is 1.85. The Morgan fingerprint density at radius 2 is 1.85 bits per heavy atom. The Bertz CT molecular complexity index is 429. The van der Waals surface area contributed by atoms with Gasteiger partial charge in [0, 0.05) is 0 Å². The van der Waals surface area contributed by atoms with E-state index in [1.165, 1.54) is 0 Å². The van der Waals surface area contributed by atoms with Crippen molar-refractivity contribution in [3.05, 3.63) is 12.1 Å². The molecule has 0 radical (unpaired) electrons. The molecule has 0 aromatic carbocycles. The van der Waals surface area contributed by atoms with Crippen LogP contribution in [-0.2, 0) is 0 Å². The Morgan fingerprint density at radius 3 is 2.30 bits per heavy atom. The minimum Gasteiger partial charge on any atom is -0.470 e. The number of nitrogens with zero attached hydrogens (tertiary/aromatic N) is 1. The highest BCUT2D eigenvalue weighted by molar-refractivity contribution is 5.54. The number of aromatic nitrogens is 1. The van der Waals surface area contributed by atoms with E-state index >= 15 is 0 Å². The first-order chi connectivity index (χ1) is 9.25. The summed E-state index contributed by atoms with van der Waals surface area (Å²) in [5.74, 6) is 1.08. The molecule has 0 saturated heterocycles. The van der Waals surface area contributed by atoms with Crippen molar-refractivity contribution < 1.29 is 9.84 Å². The third kappa shape index (κ3) is 4.27. The number of aliphatic hydroxyl groups excluding tert-OH is 1. The molecule has 4 N–H and O–H groups in total. The molecule has 0 atom stereocenters. The summed E-state index contributed by atoms with van der Waals surface area (Å²) in [5.41, 5.74) is 5.68. The van der Waals surface area contributed by atoms with Gasteiger partial charge in [-0.1, -0.05) is 13.8 Å². The molecule has 0 unspecified atom stereocenters. The van der Waals surface area contributed by atoms with E-state index in [0.29, 0.717) is 17.4 Å². The molecule has 0 spiro atoms. The van der Waals surface area contributed by atoms with E-state index in [1.807, 2.05) is 34.6 Å². The molecule has 5 nitrogen and oxygen atoms in total. The lowest BCUT2D eigenvalue weighted by molar-refractivity contribution is 0.125. The highest BCUT2D eigenvalue weighted by Gasteiger charge is 2.26. The van der Waals surface area contributed by atoms with Crippen molar-refractivity contribution in [3.63, 3.8) is 0 Å². The molecule has 0 amide bonds. The number of anilines is 2. The van der Waals surface area contributed by atoms with E-state index < -0.39 is 0 Å². The Kier molecular flexibility index (Phi) is 5.22. The number of nitrogens with two attached hydrogens (primary N) is 1. The Hall–Kier alpha value is -1.49. The quantitative estimate of drug-likeness (QED) is 0.747. The van der Waals surface area contributed by atoms with E-state index in [0.717, 1.165) is 12.8 Å². The van der Waals surface area contributed by atoms with Gasteiger partial charge in [0.15, 0.2) is 0 Å². The lowest BCUT2D eigenvalue weighted by Crippen LogP contribution is -2.41. The second kappa shape index (κ2) is 6.31. The van der Waals surface area contributed by atoms with Gasteiger partial charge in [0.1, 0.15) is 11.4 Å². The van der Waals surface area contributed by atoms with Gasteiger partial charge in [-0.05, 0) is 45.7 Å². The monoisotopic (exact) mass is 281 g/mol. The van der Waals surface area contributed by atoms with Crippen molar-refractivity contribution >= 4 is 11.5 Å². The third-order valence-corrected chi connectivity index (χ3v) is 3.34. The molecule has 1 aromatic heterocycles. The van der Waals surface area contributed by atoms with Crippen LogP contribution >= 0.6 is 0 Å². The Morgan fingerprint density at radius 1 is 1.25 bits per heavy atom. The molecule has 0 saturated carbocycles. The lowest BCUT2D eigenvalue weighted by atomic mass is 9.94. The van der Waals surface area contributed by atoms with Crippen LogP contribution in [0.5, 0.6) is 5.88 Å². The summed E-state index contributed by atoms with van der Waals surface area (Å²) < 4.78 is 5.75. The van der Waals surface area contributed by atoms with Gasteiger partial charge in [-0.25, -0.2) is 0 Å². The smallest absolute Gasteiger partial charge is 0.239 e. The first-order valence-corrected chi connectivity index (χ1v) is 7.10. The number of pyridine rings is 1. The van der Waals surface area contributed by atoms with Crippen LogP contribution in [-0.4, -0.2) is 27.8 Å². The van der Waals surface area contributed by atoms with E-state index in [4.69, 9.17) is 10.5 Å². The summed E-state index contributed by atoms with van der Waals surface area (Å²) in [5, 5.41) is 12.9. The summed E-state index contributed by atoms with van der Waals surface area (Å²) in [4.78, 5) is 4.42. The highest BCUT2D eigenvalue weighted by atomic mass is 16.5. The van der Waals surface area contributed by atoms with Gasteiger partial charge < -0.3 is 20.9 Å². The van der Waals surface area contributed by atoms with Crippen LogP contribution in [0.2, 0.25) is 0 Å². The highest BCUT2D eigenvalue weighted by Crippen LogP contribution is 2.27. The molecule has 0 bridgehead atoms. The van der Waals surface area contributed by atoms with Crippen molar-refractivity contribution in [2.75, 3.05) is 17.7 Å². The first kappa shape index (κ1) is 16.6. The van der Waals surface area contributed by atoms with Gasteiger partial charge in [-0.2, -0.15) is 4.98 Å². The SMILES string of the molecule is CCC(CC)(CO)Nc1ccc(N)c(OC(C)(C)C)n1. The number of ether oxygens (including phenoxy) is 1. The fraction of sp³-hybridized carbons (Fsp3) is 0.667. The lowest BCUT2D eigenvalue weighted by Gasteiger charge is -2.31. The number of rotatable bonds is 6. The van der Waals surface area contributed by atoms with Gasteiger partial charge >= 0.3 is 0 Å². The maximum atomic E-state index is 9.60. The number of aliphatic hydroxyl groups is 1. The molecule has 114 valence electrons. The van der Waals surface area contributed by atoms with E-state index in [2.05, 4.69) is 10.3 Å². The molecular formula is C15H27N3O2. The second-order valence-electron chi connectivity index (χ2n) is 6.08. The van der Waals surface area contributed by atoms with Crippen molar-refractivity contribution in [1.29, 1.82) is 0 Å².